The summed E-state index contributed by atoms with van der Waals surface area (Å²) in [7, 11) is 0. The second kappa shape index (κ2) is 5.32. The Balaban J connectivity index is 2.63. The van der Waals surface area contributed by atoms with Crippen molar-refractivity contribution in [1.29, 1.82) is 0 Å². The number of rotatable bonds is 4. The molecule has 1 unspecified atom stereocenters. The molecule has 0 heterocycles. The molecular formula is C14H21NO2. The van der Waals surface area contributed by atoms with Gasteiger partial charge in [0.2, 0.25) is 0 Å². The van der Waals surface area contributed by atoms with Crippen LogP contribution in [0.4, 0.5) is 0 Å². The van der Waals surface area contributed by atoms with E-state index in [2.05, 4.69) is 20.8 Å². The van der Waals surface area contributed by atoms with Gasteiger partial charge in [-0.05, 0) is 36.0 Å². The first kappa shape index (κ1) is 13.7. The summed E-state index contributed by atoms with van der Waals surface area (Å²) in [6.45, 7) is 6.56. The Hall–Kier alpha value is -1.35. The molecule has 0 aliphatic heterocycles. The van der Waals surface area contributed by atoms with Crippen LogP contribution in [0.1, 0.15) is 55.6 Å². The molecule has 0 spiro atoms. The third kappa shape index (κ3) is 4.57. The maximum absolute atomic E-state index is 10.7. The molecule has 1 rings (SSSR count). The normalized spacial score (nSPS) is 13.4. The first-order valence-electron chi connectivity index (χ1n) is 5.88. The van der Waals surface area contributed by atoms with Gasteiger partial charge in [0.25, 0.3) is 0 Å². The number of hydrogen-bond acceptors (Lipinski definition) is 2. The number of nitrogens with two attached hydrogens (primary N) is 1. The molecule has 1 aromatic rings. The van der Waals surface area contributed by atoms with Crippen molar-refractivity contribution in [3.05, 3.63) is 35.4 Å². The molecule has 17 heavy (non-hydrogen) atoms. The summed E-state index contributed by atoms with van der Waals surface area (Å²) in [4.78, 5) is 10.7. The van der Waals surface area contributed by atoms with Gasteiger partial charge in [-0.15, -0.1) is 0 Å². The molecule has 3 heteroatoms. The van der Waals surface area contributed by atoms with Crippen LogP contribution in [-0.2, 0) is 0 Å². The zero-order valence-corrected chi connectivity index (χ0v) is 10.7. The average Bonchev–Trinajstić information content (AvgIpc) is 2.25. The van der Waals surface area contributed by atoms with Gasteiger partial charge in [-0.2, -0.15) is 0 Å². The van der Waals surface area contributed by atoms with E-state index in [-0.39, 0.29) is 11.5 Å². The van der Waals surface area contributed by atoms with Crippen molar-refractivity contribution < 1.29 is 9.90 Å². The second-order valence-electron chi connectivity index (χ2n) is 5.63. The molecule has 0 aliphatic rings. The van der Waals surface area contributed by atoms with E-state index in [9.17, 15) is 4.79 Å². The highest BCUT2D eigenvalue weighted by Crippen LogP contribution is 2.26. The zero-order chi connectivity index (χ0) is 13.1. The van der Waals surface area contributed by atoms with Gasteiger partial charge in [0.05, 0.1) is 5.56 Å². The molecule has 3 N–H and O–H groups in total. The van der Waals surface area contributed by atoms with Crippen LogP contribution in [0.15, 0.2) is 24.3 Å². The summed E-state index contributed by atoms with van der Waals surface area (Å²) in [5.41, 5.74) is 7.66. The first-order chi connectivity index (χ1) is 7.79. The van der Waals surface area contributed by atoms with Crippen LogP contribution in [0.5, 0.6) is 0 Å². The number of carboxylic acids is 1. The van der Waals surface area contributed by atoms with Crippen LogP contribution in [-0.4, -0.2) is 11.1 Å². The van der Waals surface area contributed by atoms with Crippen molar-refractivity contribution in [2.75, 3.05) is 0 Å². The van der Waals surface area contributed by atoms with E-state index in [1.165, 1.54) is 0 Å². The quantitative estimate of drug-likeness (QED) is 0.842. The molecule has 1 aromatic carbocycles. The SMILES string of the molecule is CC(C)(C)CCC(N)c1ccc(C(=O)O)cc1. The van der Waals surface area contributed by atoms with Crippen molar-refractivity contribution in [2.45, 2.75) is 39.7 Å². The maximum atomic E-state index is 10.7. The third-order valence-corrected chi connectivity index (χ3v) is 2.79. The van der Waals surface area contributed by atoms with Gasteiger partial charge in [-0.3, -0.25) is 0 Å². The predicted molar refractivity (Wildman–Crippen MR) is 69.0 cm³/mol. The number of aromatic carboxylic acids is 1. The largest absolute Gasteiger partial charge is 0.478 e. The molecule has 0 radical (unpaired) electrons. The van der Waals surface area contributed by atoms with Crippen molar-refractivity contribution in [1.82, 2.24) is 0 Å². The molecule has 0 saturated heterocycles. The predicted octanol–water partition coefficient (Wildman–Crippen LogP) is 3.21. The van der Waals surface area contributed by atoms with E-state index in [0.29, 0.717) is 5.56 Å². The Morgan fingerprint density at radius 3 is 2.24 bits per heavy atom. The summed E-state index contributed by atoms with van der Waals surface area (Å²) >= 11 is 0. The molecular weight excluding hydrogens is 214 g/mol. The minimum Gasteiger partial charge on any atom is -0.478 e. The summed E-state index contributed by atoms with van der Waals surface area (Å²) in [6.07, 6.45) is 1.96. The fourth-order valence-electron chi connectivity index (χ4n) is 1.63. The Kier molecular flexibility index (Phi) is 4.29. The Morgan fingerprint density at radius 1 is 1.29 bits per heavy atom. The lowest BCUT2D eigenvalue weighted by Gasteiger charge is -2.21. The second-order valence-corrected chi connectivity index (χ2v) is 5.63. The van der Waals surface area contributed by atoms with Gasteiger partial charge in [-0.1, -0.05) is 32.9 Å². The average molecular weight is 235 g/mol. The van der Waals surface area contributed by atoms with Crippen LogP contribution < -0.4 is 5.73 Å². The van der Waals surface area contributed by atoms with E-state index in [4.69, 9.17) is 10.8 Å². The van der Waals surface area contributed by atoms with Crippen LogP contribution in [0.3, 0.4) is 0 Å². The van der Waals surface area contributed by atoms with Gasteiger partial charge in [0, 0.05) is 6.04 Å². The van der Waals surface area contributed by atoms with Gasteiger partial charge < -0.3 is 10.8 Å². The number of carboxylic acid groups (broad SMARTS) is 1. The molecule has 1 atom stereocenters. The Bertz CT molecular complexity index is 376. The van der Waals surface area contributed by atoms with E-state index >= 15 is 0 Å². The topological polar surface area (TPSA) is 63.3 Å². The zero-order valence-electron chi connectivity index (χ0n) is 10.7. The van der Waals surface area contributed by atoms with Crippen molar-refractivity contribution in [2.24, 2.45) is 11.1 Å². The number of hydrogen-bond donors (Lipinski definition) is 2. The van der Waals surface area contributed by atoms with Crippen molar-refractivity contribution in [3.63, 3.8) is 0 Å². The van der Waals surface area contributed by atoms with Crippen LogP contribution >= 0.6 is 0 Å². The minimum absolute atomic E-state index is 0.0166. The van der Waals surface area contributed by atoms with E-state index in [0.717, 1.165) is 18.4 Å². The molecule has 94 valence electrons. The number of carbonyl (C=O) groups is 1. The summed E-state index contributed by atoms with van der Waals surface area (Å²) in [5, 5.41) is 8.79. The maximum Gasteiger partial charge on any atom is 0.335 e. The highest BCUT2D eigenvalue weighted by molar-refractivity contribution is 5.87. The molecule has 3 nitrogen and oxygen atoms in total. The monoisotopic (exact) mass is 235 g/mol. The Labute approximate surface area is 103 Å². The Morgan fingerprint density at radius 2 is 1.82 bits per heavy atom. The lowest BCUT2D eigenvalue weighted by Crippen LogP contribution is -2.14. The smallest absolute Gasteiger partial charge is 0.335 e. The number of benzene rings is 1. The van der Waals surface area contributed by atoms with Crippen LogP contribution in [0.25, 0.3) is 0 Å². The summed E-state index contributed by atoms with van der Waals surface area (Å²) in [5.74, 6) is -0.903. The summed E-state index contributed by atoms with van der Waals surface area (Å²) in [6, 6.07) is 6.80. The molecule has 0 saturated carbocycles. The molecule has 0 aromatic heterocycles. The fourth-order valence-corrected chi connectivity index (χ4v) is 1.63. The van der Waals surface area contributed by atoms with Gasteiger partial charge in [0.1, 0.15) is 0 Å². The van der Waals surface area contributed by atoms with Gasteiger partial charge >= 0.3 is 5.97 Å². The molecule has 0 amide bonds. The van der Waals surface area contributed by atoms with Crippen molar-refractivity contribution in [3.8, 4) is 0 Å². The molecule has 0 bridgehead atoms. The first-order valence-corrected chi connectivity index (χ1v) is 5.88. The van der Waals surface area contributed by atoms with Crippen LogP contribution in [0.2, 0.25) is 0 Å². The van der Waals surface area contributed by atoms with Gasteiger partial charge in [-0.25, -0.2) is 4.79 Å². The van der Waals surface area contributed by atoms with Gasteiger partial charge in [0.15, 0.2) is 0 Å². The molecule has 0 aliphatic carbocycles. The fraction of sp³-hybridized carbons (Fsp3) is 0.500. The lowest BCUT2D eigenvalue weighted by atomic mass is 9.87. The standard InChI is InChI=1S/C14H21NO2/c1-14(2,3)9-8-12(15)10-4-6-11(7-5-10)13(16)17/h4-7,12H,8-9,15H2,1-3H3,(H,16,17). The van der Waals surface area contributed by atoms with Crippen molar-refractivity contribution >= 4 is 5.97 Å². The highest BCUT2D eigenvalue weighted by Gasteiger charge is 2.14. The lowest BCUT2D eigenvalue weighted by molar-refractivity contribution is 0.0697. The summed E-state index contributed by atoms with van der Waals surface area (Å²) < 4.78 is 0. The van der Waals surface area contributed by atoms with E-state index in [1.54, 1.807) is 24.3 Å². The van der Waals surface area contributed by atoms with E-state index in [1.807, 2.05) is 0 Å². The third-order valence-electron chi connectivity index (χ3n) is 2.79. The van der Waals surface area contributed by atoms with Crippen LogP contribution in [0, 0.1) is 5.41 Å². The highest BCUT2D eigenvalue weighted by atomic mass is 16.4. The molecule has 0 fully saturated rings. The minimum atomic E-state index is -0.903. The van der Waals surface area contributed by atoms with E-state index < -0.39 is 5.97 Å².